The quantitative estimate of drug-likeness (QED) is 0.900. The first-order valence-electron chi connectivity index (χ1n) is 6.75. The second-order valence-corrected chi connectivity index (χ2v) is 5.01. The van der Waals surface area contributed by atoms with Crippen molar-refractivity contribution in [1.82, 2.24) is 10.1 Å². The molecule has 0 fully saturated rings. The molecule has 0 atom stereocenters. The Morgan fingerprint density at radius 3 is 2.71 bits per heavy atom. The minimum Gasteiger partial charge on any atom is -0.483 e. The molecule has 2 aromatic rings. The average Bonchev–Trinajstić information content (AvgIpc) is 3.12. The van der Waals surface area contributed by atoms with Gasteiger partial charge in [-0.05, 0) is 6.07 Å². The highest BCUT2D eigenvalue weighted by Gasteiger charge is 2.18. The summed E-state index contributed by atoms with van der Waals surface area (Å²) in [6.45, 7) is 4.74. The summed E-state index contributed by atoms with van der Waals surface area (Å²) >= 11 is 0. The first-order chi connectivity index (χ1) is 10.2. The number of nitrogens with zero attached hydrogens (tertiary/aromatic N) is 2. The molecule has 0 aliphatic carbocycles. The lowest BCUT2D eigenvalue weighted by molar-refractivity contribution is 0.173. The Bertz CT molecular complexity index is 639. The fourth-order valence-electron chi connectivity index (χ4n) is 1.96. The summed E-state index contributed by atoms with van der Waals surface area (Å²) in [5, 5.41) is 3.89. The molecular weight excluding hydrogens is 274 g/mol. The van der Waals surface area contributed by atoms with Crippen LogP contribution in [0.25, 0.3) is 0 Å². The van der Waals surface area contributed by atoms with Gasteiger partial charge in [0.05, 0.1) is 0 Å². The van der Waals surface area contributed by atoms with Crippen LogP contribution in [0.5, 0.6) is 17.2 Å². The van der Waals surface area contributed by atoms with Crippen LogP contribution in [0.3, 0.4) is 0 Å². The molecule has 1 aliphatic rings. The number of nitrogens with two attached hydrogens (primary N) is 1. The summed E-state index contributed by atoms with van der Waals surface area (Å²) in [5.74, 6) is 3.27. The Kier molecular flexibility index (Phi) is 3.66. The van der Waals surface area contributed by atoms with E-state index in [1.54, 1.807) is 6.07 Å². The largest absolute Gasteiger partial charge is 0.483 e. The van der Waals surface area contributed by atoms with E-state index in [1.165, 1.54) is 0 Å². The molecule has 0 saturated carbocycles. The van der Waals surface area contributed by atoms with E-state index >= 15 is 0 Å². The zero-order chi connectivity index (χ0) is 14.8. The molecular formula is C14H17N3O4. The molecule has 0 amide bonds. The van der Waals surface area contributed by atoms with E-state index in [1.807, 2.05) is 19.9 Å². The minimum atomic E-state index is 0.187. The molecule has 1 aliphatic heterocycles. The standard InChI is InChI=1S/C14H17N3O4/c1-8(2)14-16-13(21-17-14)6-18-10-4-12-11(19-7-20-12)3-9(10)5-15/h3-4,8H,5-7,15H2,1-2H3. The number of hydrogen-bond donors (Lipinski definition) is 1. The summed E-state index contributed by atoms with van der Waals surface area (Å²) < 4.78 is 21.5. The number of ether oxygens (including phenoxy) is 3. The lowest BCUT2D eigenvalue weighted by Gasteiger charge is -2.09. The van der Waals surface area contributed by atoms with E-state index in [9.17, 15) is 0 Å². The zero-order valence-corrected chi connectivity index (χ0v) is 12.0. The highest BCUT2D eigenvalue weighted by molar-refractivity contribution is 5.51. The Balaban J connectivity index is 1.75. The summed E-state index contributed by atoms with van der Waals surface area (Å²) in [4.78, 5) is 4.26. The molecule has 2 heterocycles. The number of hydrogen-bond acceptors (Lipinski definition) is 7. The highest BCUT2D eigenvalue weighted by atomic mass is 16.7. The van der Waals surface area contributed by atoms with Gasteiger partial charge < -0.3 is 24.5 Å². The van der Waals surface area contributed by atoms with Gasteiger partial charge in [-0.15, -0.1) is 0 Å². The third-order valence-corrected chi connectivity index (χ3v) is 3.13. The van der Waals surface area contributed by atoms with Crippen LogP contribution >= 0.6 is 0 Å². The monoisotopic (exact) mass is 291 g/mol. The fraction of sp³-hybridized carbons (Fsp3) is 0.429. The van der Waals surface area contributed by atoms with Crippen LogP contribution in [0.15, 0.2) is 16.7 Å². The lowest BCUT2D eigenvalue weighted by Crippen LogP contribution is -2.03. The van der Waals surface area contributed by atoms with Gasteiger partial charge in [0, 0.05) is 24.1 Å². The molecule has 0 bridgehead atoms. The van der Waals surface area contributed by atoms with Crippen molar-refractivity contribution < 1.29 is 18.7 Å². The lowest BCUT2D eigenvalue weighted by atomic mass is 10.2. The summed E-state index contributed by atoms with van der Waals surface area (Å²) in [5.41, 5.74) is 6.57. The van der Waals surface area contributed by atoms with E-state index < -0.39 is 0 Å². The van der Waals surface area contributed by atoms with Gasteiger partial charge in [0.2, 0.25) is 6.79 Å². The minimum absolute atomic E-state index is 0.187. The van der Waals surface area contributed by atoms with Crippen LogP contribution < -0.4 is 19.9 Å². The van der Waals surface area contributed by atoms with Crippen molar-refractivity contribution in [2.75, 3.05) is 6.79 Å². The first-order valence-corrected chi connectivity index (χ1v) is 6.75. The number of fused-ring (bicyclic) bond motifs is 1. The molecule has 0 radical (unpaired) electrons. The molecule has 2 N–H and O–H groups in total. The summed E-state index contributed by atoms with van der Waals surface area (Å²) in [6, 6.07) is 3.59. The van der Waals surface area contributed by atoms with Crippen LogP contribution in [-0.4, -0.2) is 16.9 Å². The molecule has 3 rings (SSSR count). The molecule has 1 aromatic carbocycles. The third-order valence-electron chi connectivity index (χ3n) is 3.13. The van der Waals surface area contributed by atoms with Crippen LogP contribution in [0, 0.1) is 0 Å². The second-order valence-electron chi connectivity index (χ2n) is 5.01. The van der Waals surface area contributed by atoms with Gasteiger partial charge in [0.1, 0.15) is 5.75 Å². The van der Waals surface area contributed by atoms with Gasteiger partial charge in [-0.3, -0.25) is 0 Å². The Morgan fingerprint density at radius 2 is 2.05 bits per heavy atom. The van der Waals surface area contributed by atoms with Crippen molar-refractivity contribution in [2.45, 2.75) is 32.9 Å². The van der Waals surface area contributed by atoms with Crippen LogP contribution in [0.2, 0.25) is 0 Å². The predicted molar refractivity (Wildman–Crippen MR) is 73.2 cm³/mol. The number of benzene rings is 1. The van der Waals surface area contributed by atoms with Gasteiger partial charge in [-0.25, -0.2) is 0 Å². The van der Waals surface area contributed by atoms with Crippen molar-refractivity contribution >= 4 is 0 Å². The van der Waals surface area contributed by atoms with E-state index in [4.69, 9.17) is 24.5 Å². The van der Waals surface area contributed by atoms with E-state index in [0.717, 1.165) is 5.56 Å². The van der Waals surface area contributed by atoms with Crippen molar-refractivity contribution in [3.05, 3.63) is 29.4 Å². The van der Waals surface area contributed by atoms with Gasteiger partial charge >= 0.3 is 0 Å². The SMILES string of the molecule is CC(C)c1noc(COc2cc3c(cc2CN)OCO3)n1. The maximum absolute atomic E-state index is 5.73. The summed E-state index contributed by atoms with van der Waals surface area (Å²) in [7, 11) is 0. The van der Waals surface area contributed by atoms with Crippen LogP contribution in [0.1, 0.15) is 37.0 Å². The highest BCUT2D eigenvalue weighted by Crippen LogP contribution is 2.38. The topological polar surface area (TPSA) is 92.6 Å². The van der Waals surface area contributed by atoms with Crippen molar-refractivity contribution in [3.63, 3.8) is 0 Å². The van der Waals surface area contributed by atoms with Crippen molar-refractivity contribution in [3.8, 4) is 17.2 Å². The normalized spacial score (nSPS) is 13.0. The van der Waals surface area contributed by atoms with Crippen molar-refractivity contribution in [1.29, 1.82) is 0 Å². The van der Waals surface area contributed by atoms with Gasteiger partial charge in [0.15, 0.2) is 23.9 Å². The Morgan fingerprint density at radius 1 is 1.29 bits per heavy atom. The molecule has 0 unspecified atom stereocenters. The third kappa shape index (κ3) is 2.78. The van der Waals surface area contributed by atoms with E-state index in [2.05, 4.69) is 10.1 Å². The van der Waals surface area contributed by atoms with Gasteiger partial charge in [0.25, 0.3) is 5.89 Å². The Hall–Kier alpha value is -2.28. The molecule has 21 heavy (non-hydrogen) atoms. The molecule has 1 aromatic heterocycles. The number of rotatable bonds is 5. The van der Waals surface area contributed by atoms with Crippen LogP contribution in [-0.2, 0) is 13.2 Å². The smallest absolute Gasteiger partial charge is 0.264 e. The molecule has 0 saturated heterocycles. The zero-order valence-electron chi connectivity index (χ0n) is 12.0. The first kappa shape index (κ1) is 13.7. The molecule has 0 spiro atoms. The molecule has 7 heteroatoms. The molecule has 7 nitrogen and oxygen atoms in total. The second kappa shape index (κ2) is 5.61. The summed E-state index contributed by atoms with van der Waals surface area (Å²) in [6.07, 6.45) is 0. The van der Waals surface area contributed by atoms with Crippen LogP contribution in [0.4, 0.5) is 0 Å². The predicted octanol–water partition coefficient (Wildman–Crippen LogP) is 1.96. The average molecular weight is 291 g/mol. The van der Waals surface area contributed by atoms with Crippen molar-refractivity contribution in [2.24, 2.45) is 5.73 Å². The molecule has 112 valence electrons. The van der Waals surface area contributed by atoms with Gasteiger partial charge in [-0.1, -0.05) is 19.0 Å². The fourth-order valence-corrected chi connectivity index (χ4v) is 1.96. The maximum Gasteiger partial charge on any atom is 0.264 e. The van der Waals surface area contributed by atoms with E-state index in [0.29, 0.717) is 35.5 Å². The van der Waals surface area contributed by atoms with E-state index in [-0.39, 0.29) is 19.3 Å². The Labute approximate surface area is 122 Å². The van der Waals surface area contributed by atoms with Gasteiger partial charge in [-0.2, -0.15) is 4.98 Å². The maximum atomic E-state index is 5.73. The number of aromatic nitrogens is 2.